The third kappa shape index (κ3) is 3.94. The van der Waals surface area contributed by atoms with Crippen LogP contribution in [-0.4, -0.2) is 32.8 Å². The van der Waals surface area contributed by atoms with Gasteiger partial charge in [-0.05, 0) is 38.3 Å². The molecule has 0 aliphatic rings. The molecule has 2 N–H and O–H groups in total. The molecular weight excluding hydrogens is 278 g/mol. The zero-order valence-electron chi connectivity index (χ0n) is 12.4. The Labute approximate surface area is 121 Å². The van der Waals surface area contributed by atoms with Crippen LogP contribution in [0.15, 0.2) is 17.0 Å². The average molecular weight is 301 g/mol. The van der Waals surface area contributed by atoms with Gasteiger partial charge in [0.1, 0.15) is 5.75 Å². The topological polar surface area (TPSA) is 75.6 Å². The Hall–Kier alpha value is -1.11. The number of hydrogen-bond acceptors (Lipinski definition) is 4. The lowest BCUT2D eigenvalue weighted by Gasteiger charge is -2.17. The summed E-state index contributed by atoms with van der Waals surface area (Å²) in [4.78, 5) is 0.193. The van der Waals surface area contributed by atoms with Gasteiger partial charge in [-0.25, -0.2) is 13.1 Å². The van der Waals surface area contributed by atoms with E-state index in [0.29, 0.717) is 24.3 Å². The fraction of sp³-hybridized carbons (Fsp3) is 0.571. The largest absolute Gasteiger partial charge is 0.494 e. The number of sulfonamides is 1. The van der Waals surface area contributed by atoms with Crippen LogP contribution >= 0.6 is 0 Å². The highest BCUT2D eigenvalue weighted by Gasteiger charge is 2.22. The van der Waals surface area contributed by atoms with Crippen molar-refractivity contribution in [2.24, 2.45) is 0 Å². The van der Waals surface area contributed by atoms with Crippen molar-refractivity contribution in [2.75, 3.05) is 13.2 Å². The summed E-state index contributed by atoms with van der Waals surface area (Å²) in [5.41, 5.74) is 1.56. The number of aliphatic hydroxyl groups is 1. The molecule has 0 spiro atoms. The van der Waals surface area contributed by atoms with Gasteiger partial charge in [0.2, 0.25) is 10.0 Å². The number of benzene rings is 1. The Kier molecular flexibility index (Phi) is 5.98. The maximum atomic E-state index is 12.4. The minimum atomic E-state index is -3.66. The predicted octanol–water partition coefficient (Wildman–Crippen LogP) is 1.75. The Morgan fingerprint density at radius 3 is 2.40 bits per heavy atom. The molecule has 1 atom stereocenters. The molecule has 20 heavy (non-hydrogen) atoms. The summed E-state index contributed by atoms with van der Waals surface area (Å²) in [7, 11) is -3.66. The van der Waals surface area contributed by atoms with E-state index < -0.39 is 16.1 Å². The second-order valence-electron chi connectivity index (χ2n) is 4.73. The van der Waals surface area contributed by atoms with E-state index in [0.717, 1.165) is 5.56 Å². The minimum absolute atomic E-state index is 0.193. The van der Waals surface area contributed by atoms with Crippen molar-refractivity contribution in [1.29, 1.82) is 0 Å². The average Bonchev–Trinajstić information content (AvgIpc) is 2.39. The Morgan fingerprint density at radius 2 is 1.90 bits per heavy atom. The Balaban J connectivity index is 3.20. The van der Waals surface area contributed by atoms with Gasteiger partial charge in [0, 0.05) is 12.1 Å². The van der Waals surface area contributed by atoms with E-state index in [-0.39, 0.29) is 11.5 Å². The van der Waals surface area contributed by atoms with Crippen LogP contribution in [0.3, 0.4) is 0 Å². The maximum Gasteiger partial charge on any atom is 0.241 e. The fourth-order valence-electron chi connectivity index (χ4n) is 1.95. The Bertz CT molecular complexity index is 551. The van der Waals surface area contributed by atoms with Crippen molar-refractivity contribution in [2.45, 2.75) is 45.1 Å². The minimum Gasteiger partial charge on any atom is -0.494 e. The third-order valence-electron chi connectivity index (χ3n) is 3.10. The number of hydrogen-bond donors (Lipinski definition) is 2. The molecule has 6 heteroatoms. The highest BCUT2D eigenvalue weighted by molar-refractivity contribution is 7.89. The Morgan fingerprint density at radius 1 is 1.25 bits per heavy atom. The van der Waals surface area contributed by atoms with E-state index in [1.165, 1.54) is 0 Å². The lowest BCUT2D eigenvalue weighted by atomic mass is 10.1. The molecule has 5 nitrogen and oxygen atoms in total. The molecule has 0 radical (unpaired) electrons. The van der Waals surface area contributed by atoms with Crippen molar-refractivity contribution in [1.82, 2.24) is 4.72 Å². The summed E-state index contributed by atoms with van der Waals surface area (Å²) in [6.45, 7) is 7.55. The van der Waals surface area contributed by atoms with Gasteiger partial charge in [-0.1, -0.05) is 13.0 Å². The first-order valence-corrected chi connectivity index (χ1v) is 8.21. The molecule has 0 heterocycles. The molecule has 1 aromatic rings. The lowest BCUT2D eigenvalue weighted by Crippen LogP contribution is -2.37. The molecule has 114 valence electrons. The van der Waals surface area contributed by atoms with E-state index in [1.807, 2.05) is 20.8 Å². The van der Waals surface area contributed by atoms with Gasteiger partial charge in [0.25, 0.3) is 0 Å². The van der Waals surface area contributed by atoms with Crippen LogP contribution in [0.1, 0.15) is 31.4 Å². The zero-order valence-corrected chi connectivity index (χ0v) is 13.3. The van der Waals surface area contributed by atoms with Gasteiger partial charge in [0.15, 0.2) is 0 Å². The molecule has 0 saturated carbocycles. The molecule has 1 aromatic carbocycles. The van der Waals surface area contributed by atoms with Crippen LogP contribution in [0, 0.1) is 13.8 Å². The normalized spacial score (nSPS) is 13.2. The van der Waals surface area contributed by atoms with Crippen molar-refractivity contribution < 1.29 is 18.3 Å². The molecule has 0 saturated heterocycles. The van der Waals surface area contributed by atoms with Gasteiger partial charge in [0.05, 0.1) is 18.1 Å². The van der Waals surface area contributed by atoms with Gasteiger partial charge >= 0.3 is 0 Å². The molecule has 0 amide bonds. The number of nitrogens with one attached hydrogen (secondary N) is 1. The van der Waals surface area contributed by atoms with E-state index in [4.69, 9.17) is 9.84 Å². The van der Waals surface area contributed by atoms with Crippen LogP contribution < -0.4 is 9.46 Å². The first kappa shape index (κ1) is 16.9. The van der Waals surface area contributed by atoms with Crippen molar-refractivity contribution in [3.8, 4) is 5.75 Å². The molecule has 0 bridgehead atoms. The first-order valence-electron chi connectivity index (χ1n) is 6.72. The summed E-state index contributed by atoms with van der Waals surface area (Å²) >= 11 is 0. The van der Waals surface area contributed by atoms with Gasteiger partial charge < -0.3 is 9.84 Å². The summed E-state index contributed by atoms with van der Waals surface area (Å²) in [5, 5.41) is 9.14. The molecule has 0 aromatic heterocycles. The fourth-order valence-corrected chi connectivity index (χ4v) is 3.50. The molecule has 1 rings (SSSR count). The standard InChI is InChI=1S/C14H23NO4S/c1-5-12(9-16)15-20(17,18)14-8-13(19-6-2)10(3)7-11(14)4/h7-8,12,15-16H,5-6,9H2,1-4H3. The van der Waals surface area contributed by atoms with E-state index in [1.54, 1.807) is 19.1 Å². The second-order valence-corrected chi connectivity index (χ2v) is 6.41. The van der Waals surface area contributed by atoms with Crippen molar-refractivity contribution >= 4 is 10.0 Å². The summed E-state index contributed by atoms with van der Waals surface area (Å²) < 4.78 is 32.7. The molecule has 0 fully saturated rings. The molecule has 0 aliphatic heterocycles. The van der Waals surface area contributed by atoms with Gasteiger partial charge in [-0.2, -0.15) is 0 Å². The number of aliphatic hydroxyl groups excluding tert-OH is 1. The van der Waals surface area contributed by atoms with Crippen LogP contribution in [0.4, 0.5) is 0 Å². The van der Waals surface area contributed by atoms with Crippen LogP contribution in [0.25, 0.3) is 0 Å². The van der Waals surface area contributed by atoms with Crippen molar-refractivity contribution in [3.05, 3.63) is 23.3 Å². The summed E-state index contributed by atoms with van der Waals surface area (Å²) in [5.74, 6) is 0.565. The quantitative estimate of drug-likeness (QED) is 0.804. The SMILES string of the molecule is CCOc1cc(S(=O)(=O)NC(CC)CO)c(C)cc1C. The van der Waals surface area contributed by atoms with Crippen LogP contribution in [-0.2, 0) is 10.0 Å². The first-order chi connectivity index (χ1) is 9.35. The summed E-state index contributed by atoms with van der Waals surface area (Å²) in [6.07, 6.45) is 0.527. The van der Waals surface area contributed by atoms with E-state index >= 15 is 0 Å². The maximum absolute atomic E-state index is 12.4. The second kappa shape index (κ2) is 7.06. The number of aryl methyl sites for hydroxylation is 2. The number of rotatable bonds is 7. The van der Waals surface area contributed by atoms with Gasteiger partial charge in [-0.15, -0.1) is 0 Å². The van der Waals surface area contributed by atoms with E-state index in [2.05, 4.69) is 4.72 Å². The predicted molar refractivity (Wildman–Crippen MR) is 78.6 cm³/mol. The van der Waals surface area contributed by atoms with Crippen molar-refractivity contribution in [3.63, 3.8) is 0 Å². The van der Waals surface area contributed by atoms with E-state index in [9.17, 15) is 8.42 Å². The molecule has 0 aliphatic carbocycles. The smallest absolute Gasteiger partial charge is 0.241 e. The highest BCUT2D eigenvalue weighted by Crippen LogP contribution is 2.26. The monoisotopic (exact) mass is 301 g/mol. The summed E-state index contributed by atoms with van der Waals surface area (Å²) in [6, 6.07) is 2.86. The van der Waals surface area contributed by atoms with Gasteiger partial charge in [-0.3, -0.25) is 0 Å². The third-order valence-corrected chi connectivity index (χ3v) is 4.76. The number of ether oxygens (including phenoxy) is 1. The van der Waals surface area contributed by atoms with Crippen LogP contribution in [0.2, 0.25) is 0 Å². The van der Waals surface area contributed by atoms with Crippen LogP contribution in [0.5, 0.6) is 5.75 Å². The molecule has 1 unspecified atom stereocenters. The zero-order chi connectivity index (χ0) is 15.3. The highest BCUT2D eigenvalue weighted by atomic mass is 32.2. The lowest BCUT2D eigenvalue weighted by molar-refractivity contribution is 0.254. The molecular formula is C14H23NO4S.